The zero-order valence-electron chi connectivity index (χ0n) is 8.79. The lowest BCUT2D eigenvalue weighted by molar-refractivity contribution is 0.489. The smallest absolute Gasteiger partial charge is 0.123 e. The van der Waals surface area contributed by atoms with Crippen LogP contribution in [0.15, 0.2) is 29.2 Å². The molecule has 3 heteroatoms. The van der Waals surface area contributed by atoms with Gasteiger partial charge in [-0.1, -0.05) is 12.8 Å². The van der Waals surface area contributed by atoms with E-state index in [1.165, 1.54) is 37.8 Å². The minimum absolute atomic E-state index is 0.157. The molecular weight excluding hydrogens is 209 g/mol. The van der Waals surface area contributed by atoms with Gasteiger partial charge >= 0.3 is 0 Å². The average molecular weight is 225 g/mol. The van der Waals surface area contributed by atoms with Gasteiger partial charge in [0.2, 0.25) is 0 Å². The molecule has 82 valence electrons. The van der Waals surface area contributed by atoms with Crippen molar-refractivity contribution < 1.29 is 4.39 Å². The van der Waals surface area contributed by atoms with Gasteiger partial charge in [0.15, 0.2) is 0 Å². The monoisotopic (exact) mass is 225 g/mol. The maximum atomic E-state index is 12.7. The summed E-state index contributed by atoms with van der Waals surface area (Å²) in [4.78, 5) is 1.14. The Morgan fingerprint density at radius 3 is 2.13 bits per heavy atom. The molecule has 0 N–H and O–H groups in total. The second-order valence-electron chi connectivity index (χ2n) is 3.89. The summed E-state index contributed by atoms with van der Waals surface area (Å²) in [6.45, 7) is 2.31. The predicted molar refractivity (Wildman–Crippen MR) is 62.3 cm³/mol. The average Bonchev–Trinajstić information content (AvgIpc) is 2.50. The summed E-state index contributed by atoms with van der Waals surface area (Å²) >= 11 is 1.75. The van der Waals surface area contributed by atoms with Gasteiger partial charge in [0, 0.05) is 18.0 Å². The quantitative estimate of drug-likeness (QED) is 0.706. The van der Waals surface area contributed by atoms with Crippen LogP contribution in [0.25, 0.3) is 0 Å². The molecule has 1 aliphatic rings. The summed E-state index contributed by atoms with van der Waals surface area (Å²) in [5.41, 5.74) is 0. The second-order valence-corrected chi connectivity index (χ2v) is 5.06. The molecule has 1 aromatic carbocycles. The number of benzene rings is 1. The van der Waals surface area contributed by atoms with Crippen LogP contribution in [0.2, 0.25) is 0 Å². The third-order valence-corrected chi connectivity index (χ3v) is 3.72. The first-order valence-corrected chi connectivity index (χ1v) is 6.30. The van der Waals surface area contributed by atoms with Crippen LogP contribution in [-0.4, -0.2) is 17.4 Å². The van der Waals surface area contributed by atoms with Crippen LogP contribution >= 0.6 is 11.9 Å². The fourth-order valence-corrected chi connectivity index (χ4v) is 2.77. The molecule has 1 nitrogen and oxygen atoms in total. The van der Waals surface area contributed by atoms with Crippen LogP contribution in [0.1, 0.15) is 25.7 Å². The van der Waals surface area contributed by atoms with Crippen LogP contribution in [0.5, 0.6) is 0 Å². The first kappa shape index (κ1) is 11.0. The predicted octanol–water partition coefficient (Wildman–Crippen LogP) is 3.71. The highest BCUT2D eigenvalue weighted by Gasteiger charge is 2.09. The van der Waals surface area contributed by atoms with E-state index in [4.69, 9.17) is 0 Å². The van der Waals surface area contributed by atoms with E-state index in [1.807, 2.05) is 12.1 Å². The van der Waals surface area contributed by atoms with E-state index >= 15 is 0 Å². The van der Waals surface area contributed by atoms with Crippen molar-refractivity contribution in [3.63, 3.8) is 0 Å². The fraction of sp³-hybridized carbons (Fsp3) is 0.500. The normalized spacial score (nSPS) is 18.7. The maximum absolute atomic E-state index is 12.7. The third-order valence-electron chi connectivity index (χ3n) is 2.61. The van der Waals surface area contributed by atoms with Crippen molar-refractivity contribution in [2.45, 2.75) is 30.6 Å². The number of hydrogen-bond donors (Lipinski definition) is 0. The Morgan fingerprint density at radius 2 is 1.53 bits per heavy atom. The highest BCUT2D eigenvalue weighted by Crippen LogP contribution is 2.25. The molecule has 0 atom stereocenters. The number of halogens is 1. The van der Waals surface area contributed by atoms with E-state index in [9.17, 15) is 4.39 Å². The van der Waals surface area contributed by atoms with E-state index < -0.39 is 0 Å². The Morgan fingerprint density at radius 1 is 0.933 bits per heavy atom. The van der Waals surface area contributed by atoms with Crippen LogP contribution in [0, 0.1) is 5.82 Å². The Hall–Kier alpha value is -0.540. The molecule has 0 saturated carbocycles. The first-order chi connectivity index (χ1) is 7.34. The van der Waals surface area contributed by atoms with E-state index in [1.54, 1.807) is 11.9 Å². The molecule has 1 heterocycles. The van der Waals surface area contributed by atoms with Crippen molar-refractivity contribution in [2.24, 2.45) is 0 Å². The van der Waals surface area contributed by atoms with Gasteiger partial charge in [-0.2, -0.15) is 0 Å². The molecule has 0 radical (unpaired) electrons. The van der Waals surface area contributed by atoms with Crippen molar-refractivity contribution in [1.82, 2.24) is 4.31 Å². The summed E-state index contributed by atoms with van der Waals surface area (Å²) in [5, 5.41) is 0. The Bertz CT molecular complexity index is 291. The van der Waals surface area contributed by atoms with Crippen molar-refractivity contribution in [2.75, 3.05) is 13.1 Å². The maximum Gasteiger partial charge on any atom is 0.123 e. The fourth-order valence-electron chi connectivity index (χ4n) is 1.78. The summed E-state index contributed by atoms with van der Waals surface area (Å²) in [5.74, 6) is -0.157. The van der Waals surface area contributed by atoms with Gasteiger partial charge in [-0.3, -0.25) is 0 Å². The molecule has 0 unspecified atom stereocenters. The van der Waals surface area contributed by atoms with Crippen LogP contribution < -0.4 is 0 Å². The lowest BCUT2D eigenvalue weighted by Gasteiger charge is -2.17. The highest BCUT2D eigenvalue weighted by atomic mass is 32.2. The molecule has 0 amide bonds. The van der Waals surface area contributed by atoms with Gasteiger partial charge < -0.3 is 0 Å². The molecule has 1 aromatic rings. The zero-order valence-corrected chi connectivity index (χ0v) is 9.60. The number of nitrogens with zero attached hydrogens (tertiary/aromatic N) is 1. The van der Waals surface area contributed by atoms with Crippen LogP contribution in [-0.2, 0) is 0 Å². The SMILES string of the molecule is Fc1ccc(SN2CCCCCC2)cc1. The summed E-state index contributed by atoms with van der Waals surface area (Å²) in [6, 6.07) is 6.76. The van der Waals surface area contributed by atoms with Crippen molar-refractivity contribution in [3.8, 4) is 0 Å². The van der Waals surface area contributed by atoms with Gasteiger partial charge in [-0.25, -0.2) is 8.70 Å². The number of hydrogen-bond acceptors (Lipinski definition) is 2. The molecule has 15 heavy (non-hydrogen) atoms. The second kappa shape index (κ2) is 5.52. The van der Waals surface area contributed by atoms with E-state index in [-0.39, 0.29) is 5.82 Å². The number of rotatable bonds is 2. The Labute approximate surface area is 94.8 Å². The third kappa shape index (κ3) is 3.50. The standard InChI is InChI=1S/C12H16FNS/c13-11-5-7-12(8-6-11)15-14-9-3-1-2-4-10-14/h5-8H,1-4,9-10H2. The summed E-state index contributed by atoms with van der Waals surface area (Å²) in [6.07, 6.45) is 5.27. The zero-order chi connectivity index (χ0) is 10.5. The molecule has 0 spiro atoms. The lowest BCUT2D eigenvalue weighted by Crippen LogP contribution is -2.15. The van der Waals surface area contributed by atoms with Crippen molar-refractivity contribution in [1.29, 1.82) is 0 Å². The molecule has 0 aliphatic carbocycles. The van der Waals surface area contributed by atoms with Gasteiger partial charge in [0.25, 0.3) is 0 Å². The first-order valence-electron chi connectivity index (χ1n) is 5.53. The topological polar surface area (TPSA) is 3.24 Å². The van der Waals surface area contributed by atoms with Crippen LogP contribution in [0.4, 0.5) is 4.39 Å². The Balaban J connectivity index is 1.92. The molecule has 1 aliphatic heterocycles. The molecule has 0 aromatic heterocycles. The minimum Gasteiger partial charge on any atom is -0.246 e. The van der Waals surface area contributed by atoms with E-state index in [0.29, 0.717) is 0 Å². The Kier molecular flexibility index (Phi) is 4.03. The van der Waals surface area contributed by atoms with Gasteiger partial charge in [0.05, 0.1) is 0 Å². The van der Waals surface area contributed by atoms with Crippen molar-refractivity contribution in [3.05, 3.63) is 30.1 Å². The van der Waals surface area contributed by atoms with Gasteiger partial charge in [-0.15, -0.1) is 0 Å². The largest absolute Gasteiger partial charge is 0.246 e. The highest BCUT2D eigenvalue weighted by molar-refractivity contribution is 7.97. The van der Waals surface area contributed by atoms with Gasteiger partial charge in [0.1, 0.15) is 5.82 Å². The minimum atomic E-state index is -0.157. The van der Waals surface area contributed by atoms with Crippen LogP contribution in [0.3, 0.4) is 0 Å². The molecule has 0 bridgehead atoms. The molecule has 1 saturated heterocycles. The van der Waals surface area contributed by atoms with Gasteiger partial charge in [-0.05, 0) is 49.1 Å². The lowest BCUT2D eigenvalue weighted by atomic mass is 10.2. The van der Waals surface area contributed by atoms with E-state index in [0.717, 1.165) is 18.0 Å². The molecule has 2 rings (SSSR count). The molecular formula is C12H16FNS. The summed E-state index contributed by atoms with van der Waals surface area (Å²) in [7, 11) is 0. The van der Waals surface area contributed by atoms with Crippen molar-refractivity contribution >= 4 is 11.9 Å². The molecule has 1 fully saturated rings. The van der Waals surface area contributed by atoms with E-state index in [2.05, 4.69) is 4.31 Å². The summed E-state index contributed by atoms with van der Waals surface area (Å²) < 4.78 is 15.1.